The van der Waals surface area contributed by atoms with Crippen LogP contribution in [-0.4, -0.2) is 46.1 Å². The summed E-state index contributed by atoms with van der Waals surface area (Å²) in [5.74, 6) is 0.921. The third-order valence-electron chi connectivity index (χ3n) is 5.33. The van der Waals surface area contributed by atoms with Crippen molar-refractivity contribution in [2.75, 3.05) is 20.2 Å². The van der Waals surface area contributed by atoms with Crippen LogP contribution >= 0.6 is 0 Å². The normalized spacial score (nSPS) is 18.9. The Hall–Kier alpha value is -3.29. The summed E-state index contributed by atoms with van der Waals surface area (Å²) < 4.78 is 26.1. The molecule has 0 N–H and O–H groups in total. The number of halogens is 1. The fourth-order valence-electron chi connectivity index (χ4n) is 3.62. The molecular formula is C22H23FN4O3. The van der Waals surface area contributed by atoms with Gasteiger partial charge in [0, 0.05) is 30.9 Å². The highest BCUT2D eigenvalue weighted by Crippen LogP contribution is 2.35. The van der Waals surface area contributed by atoms with E-state index in [0.717, 1.165) is 11.3 Å². The van der Waals surface area contributed by atoms with Gasteiger partial charge in [-0.05, 0) is 49.1 Å². The zero-order valence-electron chi connectivity index (χ0n) is 16.8. The van der Waals surface area contributed by atoms with Crippen molar-refractivity contribution in [1.29, 1.82) is 0 Å². The molecule has 0 aliphatic carbocycles. The Morgan fingerprint density at radius 3 is 2.73 bits per heavy atom. The molecule has 1 aliphatic rings. The molecule has 156 valence electrons. The number of aryl methyl sites for hydroxylation is 1. The molecule has 3 heterocycles. The Balaban J connectivity index is 1.40. The van der Waals surface area contributed by atoms with E-state index in [0.29, 0.717) is 37.2 Å². The number of carbonyl (C=O) groups is 1. The molecule has 0 bridgehead atoms. The highest BCUT2D eigenvalue weighted by atomic mass is 19.1. The number of benzene rings is 1. The largest absolute Gasteiger partial charge is 0.497 e. The Kier molecular flexibility index (Phi) is 5.74. The number of pyridine rings is 1. The number of carbonyl (C=O) groups excluding carboxylic acids is 1. The van der Waals surface area contributed by atoms with Crippen molar-refractivity contribution in [1.82, 2.24) is 20.0 Å². The SMILES string of the molecule is COc1ccc(CCC(=O)N2CCCC(F)(c3nc(-c4ccncc4)no3)C2)cc1. The number of methoxy groups -OCH3 is 1. The number of hydrogen-bond donors (Lipinski definition) is 0. The molecule has 7 nitrogen and oxygen atoms in total. The van der Waals surface area contributed by atoms with Crippen LogP contribution in [0.4, 0.5) is 4.39 Å². The van der Waals surface area contributed by atoms with Crippen molar-refractivity contribution in [3.63, 3.8) is 0 Å². The van der Waals surface area contributed by atoms with E-state index in [1.165, 1.54) is 0 Å². The highest BCUT2D eigenvalue weighted by molar-refractivity contribution is 5.76. The van der Waals surface area contributed by atoms with Crippen LogP contribution in [0.15, 0.2) is 53.3 Å². The number of aromatic nitrogens is 3. The maximum absolute atomic E-state index is 15.7. The van der Waals surface area contributed by atoms with Gasteiger partial charge in [-0.15, -0.1) is 0 Å². The summed E-state index contributed by atoms with van der Waals surface area (Å²) in [5.41, 5.74) is -0.106. The summed E-state index contributed by atoms with van der Waals surface area (Å²) >= 11 is 0. The van der Waals surface area contributed by atoms with Crippen LogP contribution in [0.2, 0.25) is 0 Å². The maximum atomic E-state index is 15.7. The van der Waals surface area contributed by atoms with E-state index in [9.17, 15) is 4.79 Å². The number of ether oxygens (including phenoxy) is 1. The lowest BCUT2D eigenvalue weighted by atomic mass is 9.94. The Bertz CT molecular complexity index is 993. The van der Waals surface area contributed by atoms with E-state index in [1.54, 1.807) is 36.5 Å². The van der Waals surface area contributed by atoms with Crippen molar-refractivity contribution in [3.05, 3.63) is 60.2 Å². The highest BCUT2D eigenvalue weighted by Gasteiger charge is 2.43. The molecule has 0 spiro atoms. The van der Waals surface area contributed by atoms with Gasteiger partial charge in [0.05, 0.1) is 13.7 Å². The predicted molar refractivity (Wildman–Crippen MR) is 107 cm³/mol. The molecule has 1 saturated heterocycles. The second kappa shape index (κ2) is 8.61. The quantitative estimate of drug-likeness (QED) is 0.618. The molecule has 30 heavy (non-hydrogen) atoms. The standard InChI is InChI=1S/C22H23FN4O3/c1-29-18-6-3-16(4-7-18)5-8-19(28)27-14-2-11-22(23,15-27)21-25-20(26-30-21)17-9-12-24-13-10-17/h3-4,6-7,9-10,12-13H,2,5,8,11,14-15H2,1H3. The van der Waals surface area contributed by atoms with Gasteiger partial charge in [0.2, 0.25) is 17.4 Å². The van der Waals surface area contributed by atoms with E-state index < -0.39 is 5.67 Å². The van der Waals surface area contributed by atoms with Crippen molar-refractivity contribution >= 4 is 5.91 Å². The number of amides is 1. The van der Waals surface area contributed by atoms with Crippen LogP contribution < -0.4 is 4.74 Å². The van der Waals surface area contributed by atoms with E-state index in [1.807, 2.05) is 24.3 Å². The Morgan fingerprint density at radius 2 is 2.00 bits per heavy atom. The van der Waals surface area contributed by atoms with E-state index in [4.69, 9.17) is 9.26 Å². The number of piperidine rings is 1. The first-order chi connectivity index (χ1) is 14.6. The minimum Gasteiger partial charge on any atom is -0.497 e. The average Bonchev–Trinajstić information content (AvgIpc) is 3.30. The topological polar surface area (TPSA) is 81.4 Å². The van der Waals surface area contributed by atoms with Crippen LogP contribution in [0.25, 0.3) is 11.4 Å². The number of likely N-dealkylation sites (tertiary alicyclic amines) is 1. The third kappa shape index (κ3) is 4.32. The molecule has 1 unspecified atom stereocenters. The Labute approximate surface area is 173 Å². The number of rotatable bonds is 6. The summed E-state index contributed by atoms with van der Waals surface area (Å²) in [4.78, 5) is 22.5. The molecule has 8 heteroatoms. The molecule has 1 aliphatic heterocycles. The molecule has 0 saturated carbocycles. The van der Waals surface area contributed by atoms with Crippen LogP contribution in [0, 0.1) is 0 Å². The lowest BCUT2D eigenvalue weighted by Gasteiger charge is -2.35. The summed E-state index contributed by atoms with van der Waals surface area (Å²) in [5, 5.41) is 3.90. The van der Waals surface area contributed by atoms with Crippen molar-refractivity contribution in [2.24, 2.45) is 0 Å². The summed E-state index contributed by atoms with van der Waals surface area (Å²) in [6, 6.07) is 11.1. The lowest BCUT2D eigenvalue weighted by molar-refractivity contribution is -0.136. The van der Waals surface area contributed by atoms with Gasteiger partial charge in [0.1, 0.15) is 5.75 Å². The fourth-order valence-corrected chi connectivity index (χ4v) is 3.62. The first-order valence-corrected chi connectivity index (χ1v) is 9.92. The second-order valence-corrected chi connectivity index (χ2v) is 7.39. The van der Waals surface area contributed by atoms with Gasteiger partial charge in [0.15, 0.2) is 0 Å². The summed E-state index contributed by atoms with van der Waals surface area (Å²) in [6.07, 6.45) is 4.91. The van der Waals surface area contributed by atoms with Gasteiger partial charge in [-0.2, -0.15) is 4.98 Å². The zero-order valence-corrected chi connectivity index (χ0v) is 16.8. The molecule has 1 amide bonds. The molecular weight excluding hydrogens is 387 g/mol. The van der Waals surface area contributed by atoms with Crippen LogP contribution in [0.1, 0.15) is 30.7 Å². The van der Waals surface area contributed by atoms with Gasteiger partial charge in [-0.25, -0.2) is 4.39 Å². The van der Waals surface area contributed by atoms with Gasteiger partial charge in [-0.3, -0.25) is 9.78 Å². The fraction of sp³-hybridized carbons (Fsp3) is 0.364. The number of nitrogens with zero attached hydrogens (tertiary/aromatic N) is 4. The monoisotopic (exact) mass is 410 g/mol. The molecule has 3 aromatic rings. The van der Waals surface area contributed by atoms with E-state index in [2.05, 4.69) is 15.1 Å². The molecule has 2 aromatic heterocycles. The minimum atomic E-state index is -1.84. The van der Waals surface area contributed by atoms with Crippen LogP contribution in [0.5, 0.6) is 5.75 Å². The van der Waals surface area contributed by atoms with Crippen molar-refractivity contribution in [2.45, 2.75) is 31.4 Å². The first-order valence-electron chi connectivity index (χ1n) is 9.92. The van der Waals surface area contributed by atoms with Crippen LogP contribution in [0.3, 0.4) is 0 Å². The maximum Gasteiger partial charge on any atom is 0.266 e. The van der Waals surface area contributed by atoms with E-state index in [-0.39, 0.29) is 24.8 Å². The number of alkyl halides is 1. The van der Waals surface area contributed by atoms with Crippen molar-refractivity contribution in [3.8, 4) is 17.1 Å². The van der Waals surface area contributed by atoms with E-state index >= 15 is 4.39 Å². The molecule has 4 rings (SSSR count). The minimum absolute atomic E-state index is 0.0770. The predicted octanol–water partition coefficient (Wildman–Crippen LogP) is 3.56. The summed E-state index contributed by atoms with van der Waals surface area (Å²) in [6.45, 7) is 0.449. The van der Waals surface area contributed by atoms with Gasteiger partial charge >= 0.3 is 0 Å². The summed E-state index contributed by atoms with van der Waals surface area (Å²) in [7, 11) is 1.61. The first kappa shape index (κ1) is 20.0. The molecule has 0 radical (unpaired) electrons. The molecule has 1 atom stereocenters. The zero-order chi connectivity index (χ0) is 21.0. The number of hydrogen-bond acceptors (Lipinski definition) is 6. The van der Waals surface area contributed by atoms with Crippen LogP contribution in [-0.2, 0) is 16.9 Å². The molecule has 1 aromatic carbocycles. The lowest BCUT2D eigenvalue weighted by Crippen LogP contribution is -2.46. The van der Waals surface area contributed by atoms with Gasteiger partial charge in [0.25, 0.3) is 5.89 Å². The molecule has 1 fully saturated rings. The Morgan fingerprint density at radius 1 is 1.23 bits per heavy atom. The average molecular weight is 410 g/mol. The van der Waals surface area contributed by atoms with Gasteiger partial charge < -0.3 is 14.2 Å². The second-order valence-electron chi connectivity index (χ2n) is 7.39. The van der Waals surface area contributed by atoms with Gasteiger partial charge in [-0.1, -0.05) is 17.3 Å². The third-order valence-corrected chi connectivity index (χ3v) is 5.33. The smallest absolute Gasteiger partial charge is 0.266 e. The van der Waals surface area contributed by atoms with Crippen molar-refractivity contribution < 1.29 is 18.4 Å².